The molecule has 0 aromatic rings. The van der Waals surface area contributed by atoms with Crippen LogP contribution in [0.4, 0.5) is 4.79 Å². The van der Waals surface area contributed by atoms with Crippen molar-refractivity contribution >= 4 is 11.9 Å². The van der Waals surface area contributed by atoms with Gasteiger partial charge in [-0.3, -0.25) is 5.41 Å². The minimum absolute atomic E-state index is 0.0676. The van der Waals surface area contributed by atoms with E-state index in [9.17, 15) is 4.79 Å². The SMILES string of the molecule is CNC(=O)NC1(C(=N)N)CCC(C)CC1. The van der Waals surface area contributed by atoms with E-state index in [1.54, 1.807) is 7.05 Å². The lowest BCUT2D eigenvalue weighted by Gasteiger charge is -2.38. The second-order valence-corrected chi connectivity index (χ2v) is 4.38. The molecule has 1 rings (SSSR count). The molecule has 0 heterocycles. The van der Waals surface area contributed by atoms with E-state index in [0.717, 1.165) is 25.7 Å². The van der Waals surface area contributed by atoms with Gasteiger partial charge in [0.1, 0.15) is 5.84 Å². The molecular formula is C10H20N4O. The molecule has 1 aliphatic rings. The summed E-state index contributed by atoms with van der Waals surface area (Å²) in [5.41, 5.74) is 4.97. The minimum atomic E-state index is -0.618. The van der Waals surface area contributed by atoms with Gasteiger partial charge in [-0.05, 0) is 31.6 Å². The van der Waals surface area contributed by atoms with Gasteiger partial charge in [0.25, 0.3) is 0 Å². The van der Waals surface area contributed by atoms with Crippen LogP contribution in [0.2, 0.25) is 0 Å². The molecule has 86 valence electrons. The Labute approximate surface area is 90.3 Å². The quantitative estimate of drug-likeness (QED) is 0.403. The van der Waals surface area contributed by atoms with Crippen molar-refractivity contribution in [3.05, 3.63) is 0 Å². The Kier molecular flexibility index (Phi) is 3.55. The van der Waals surface area contributed by atoms with Crippen molar-refractivity contribution in [3.8, 4) is 0 Å². The molecule has 0 aliphatic heterocycles. The van der Waals surface area contributed by atoms with Crippen LogP contribution in [0.25, 0.3) is 0 Å². The van der Waals surface area contributed by atoms with Crippen LogP contribution >= 0.6 is 0 Å². The fourth-order valence-corrected chi connectivity index (χ4v) is 2.00. The van der Waals surface area contributed by atoms with Crippen molar-refractivity contribution in [1.82, 2.24) is 10.6 Å². The Balaban J connectivity index is 2.71. The minimum Gasteiger partial charge on any atom is -0.386 e. The van der Waals surface area contributed by atoms with Gasteiger partial charge in [0.2, 0.25) is 0 Å². The number of amides is 2. The summed E-state index contributed by atoms with van der Waals surface area (Å²) in [5.74, 6) is 0.724. The highest BCUT2D eigenvalue weighted by atomic mass is 16.2. The zero-order valence-corrected chi connectivity index (χ0v) is 9.39. The third kappa shape index (κ3) is 2.61. The average Bonchev–Trinajstić information content (AvgIpc) is 2.21. The monoisotopic (exact) mass is 212 g/mol. The predicted octanol–water partition coefficient (Wildman–Crippen LogP) is 0.800. The van der Waals surface area contributed by atoms with Gasteiger partial charge >= 0.3 is 6.03 Å². The first-order valence-electron chi connectivity index (χ1n) is 5.34. The molecule has 0 atom stereocenters. The fourth-order valence-electron chi connectivity index (χ4n) is 2.00. The number of carbonyl (C=O) groups is 1. The van der Waals surface area contributed by atoms with Crippen LogP contribution in [0.1, 0.15) is 32.6 Å². The Morgan fingerprint density at radius 1 is 1.47 bits per heavy atom. The highest BCUT2D eigenvalue weighted by molar-refractivity contribution is 5.91. The van der Waals surface area contributed by atoms with Gasteiger partial charge in [-0.15, -0.1) is 0 Å². The van der Waals surface area contributed by atoms with Crippen LogP contribution in [0, 0.1) is 11.3 Å². The van der Waals surface area contributed by atoms with Gasteiger partial charge in [0.15, 0.2) is 0 Å². The lowest BCUT2D eigenvalue weighted by molar-refractivity contribution is 0.217. The maximum absolute atomic E-state index is 11.3. The van der Waals surface area contributed by atoms with Crippen molar-refractivity contribution in [2.45, 2.75) is 38.1 Å². The molecule has 5 nitrogen and oxygen atoms in total. The van der Waals surface area contributed by atoms with Gasteiger partial charge in [-0.1, -0.05) is 6.92 Å². The summed E-state index contributed by atoms with van der Waals surface area (Å²) in [5, 5.41) is 12.9. The van der Waals surface area contributed by atoms with E-state index in [1.807, 2.05) is 0 Å². The summed E-state index contributed by atoms with van der Waals surface area (Å²) in [6.45, 7) is 2.18. The maximum atomic E-state index is 11.3. The lowest BCUT2D eigenvalue weighted by Crippen LogP contribution is -2.60. The molecule has 2 amide bonds. The van der Waals surface area contributed by atoms with Crippen molar-refractivity contribution in [1.29, 1.82) is 5.41 Å². The Bertz CT molecular complexity index is 256. The fraction of sp³-hybridized carbons (Fsp3) is 0.800. The predicted molar refractivity (Wildman–Crippen MR) is 59.9 cm³/mol. The molecule has 15 heavy (non-hydrogen) atoms. The molecule has 0 aromatic heterocycles. The van der Waals surface area contributed by atoms with E-state index < -0.39 is 5.54 Å². The highest BCUT2D eigenvalue weighted by Gasteiger charge is 2.38. The molecule has 0 saturated heterocycles. The zero-order valence-electron chi connectivity index (χ0n) is 9.39. The van der Waals surface area contributed by atoms with Crippen molar-refractivity contribution < 1.29 is 4.79 Å². The Hall–Kier alpha value is -1.26. The summed E-state index contributed by atoms with van der Waals surface area (Å²) >= 11 is 0. The second kappa shape index (κ2) is 4.51. The van der Waals surface area contributed by atoms with Crippen molar-refractivity contribution in [2.75, 3.05) is 7.05 Å². The Morgan fingerprint density at radius 2 is 2.00 bits per heavy atom. The molecule has 5 heteroatoms. The van der Waals surface area contributed by atoms with Gasteiger partial charge < -0.3 is 16.4 Å². The molecule has 1 fully saturated rings. The van der Waals surface area contributed by atoms with Crippen molar-refractivity contribution in [3.63, 3.8) is 0 Å². The van der Waals surface area contributed by atoms with Crippen LogP contribution in [0.5, 0.6) is 0 Å². The van der Waals surface area contributed by atoms with Crippen LogP contribution in [0.3, 0.4) is 0 Å². The molecule has 5 N–H and O–H groups in total. The molecule has 1 saturated carbocycles. The number of nitrogens with one attached hydrogen (secondary N) is 3. The summed E-state index contributed by atoms with van der Waals surface area (Å²) < 4.78 is 0. The van der Waals surface area contributed by atoms with Gasteiger partial charge in [0.05, 0.1) is 5.54 Å². The third-order valence-corrected chi connectivity index (χ3v) is 3.22. The molecule has 0 spiro atoms. The summed E-state index contributed by atoms with van der Waals surface area (Å²) in [6.07, 6.45) is 3.53. The zero-order chi connectivity index (χ0) is 11.5. The van der Waals surface area contributed by atoms with Crippen LogP contribution in [-0.4, -0.2) is 24.5 Å². The highest BCUT2D eigenvalue weighted by Crippen LogP contribution is 2.31. The second-order valence-electron chi connectivity index (χ2n) is 4.38. The molecular weight excluding hydrogens is 192 g/mol. The van der Waals surface area contributed by atoms with Gasteiger partial charge in [0, 0.05) is 7.05 Å². The van der Waals surface area contributed by atoms with Gasteiger partial charge in [-0.25, -0.2) is 4.79 Å². The number of hydrogen-bond acceptors (Lipinski definition) is 2. The van der Waals surface area contributed by atoms with Crippen LogP contribution < -0.4 is 16.4 Å². The number of amidine groups is 1. The molecule has 0 aromatic carbocycles. The summed E-state index contributed by atoms with van der Waals surface area (Å²) in [6, 6.07) is -0.264. The lowest BCUT2D eigenvalue weighted by atomic mass is 9.76. The maximum Gasteiger partial charge on any atom is 0.315 e. The van der Waals surface area contributed by atoms with E-state index >= 15 is 0 Å². The Morgan fingerprint density at radius 3 is 2.40 bits per heavy atom. The largest absolute Gasteiger partial charge is 0.386 e. The number of hydrogen-bond donors (Lipinski definition) is 4. The molecule has 0 unspecified atom stereocenters. The first-order valence-corrected chi connectivity index (χ1v) is 5.34. The van der Waals surface area contributed by atoms with Crippen LogP contribution in [-0.2, 0) is 0 Å². The number of rotatable bonds is 2. The number of carbonyl (C=O) groups excluding carboxylic acids is 1. The standard InChI is InChI=1S/C10H20N4O/c1-7-3-5-10(6-4-7,8(11)12)14-9(15)13-2/h7H,3-6H2,1-2H3,(H3,11,12)(H2,13,14,15). The summed E-state index contributed by atoms with van der Waals surface area (Å²) in [7, 11) is 1.56. The van der Waals surface area contributed by atoms with Crippen LogP contribution in [0.15, 0.2) is 0 Å². The average molecular weight is 212 g/mol. The first kappa shape index (κ1) is 11.8. The third-order valence-electron chi connectivity index (χ3n) is 3.22. The smallest absolute Gasteiger partial charge is 0.315 e. The first-order chi connectivity index (χ1) is 7.00. The number of urea groups is 1. The molecule has 0 radical (unpaired) electrons. The van der Waals surface area contributed by atoms with Crippen molar-refractivity contribution in [2.24, 2.45) is 11.7 Å². The van der Waals surface area contributed by atoms with E-state index in [0.29, 0.717) is 5.92 Å². The summed E-state index contributed by atoms with van der Waals surface area (Å²) in [4.78, 5) is 11.3. The van der Waals surface area contributed by atoms with E-state index in [-0.39, 0.29) is 11.9 Å². The van der Waals surface area contributed by atoms with Gasteiger partial charge in [-0.2, -0.15) is 0 Å². The van der Waals surface area contributed by atoms with E-state index in [1.165, 1.54) is 0 Å². The molecule has 0 bridgehead atoms. The number of nitrogens with two attached hydrogens (primary N) is 1. The molecule has 1 aliphatic carbocycles. The van der Waals surface area contributed by atoms with E-state index in [4.69, 9.17) is 11.1 Å². The topological polar surface area (TPSA) is 91.0 Å². The normalized spacial score (nSPS) is 30.7. The van der Waals surface area contributed by atoms with E-state index in [2.05, 4.69) is 17.6 Å².